The standard InChI is InChI=1S/C16H25NO2/c1-12-4-8-16(9-5-12)19-11-15(18)10-17-13(2)6-7-14(17)3/h4-5,8-9,13-15,18H,6-7,10-11H2,1-3H3. The van der Waals surface area contributed by atoms with Gasteiger partial charge in [-0.1, -0.05) is 17.7 Å². The SMILES string of the molecule is Cc1ccc(OCC(O)CN2C(C)CCC2C)cc1. The summed E-state index contributed by atoms with van der Waals surface area (Å²) in [5, 5.41) is 10.1. The smallest absolute Gasteiger partial charge is 0.119 e. The van der Waals surface area contributed by atoms with Gasteiger partial charge in [0.25, 0.3) is 0 Å². The van der Waals surface area contributed by atoms with Gasteiger partial charge in [-0.25, -0.2) is 0 Å². The van der Waals surface area contributed by atoms with Crippen molar-refractivity contribution < 1.29 is 9.84 Å². The number of aliphatic hydroxyl groups is 1. The van der Waals surface area contributed by atoms with Crippen molar-refractivity contribution in [1.29, 1.82) is 0 Å². The lowest BCUT2D eigenvalue weighted by molar-refractivity contribution is 0.0546. The third-order valence-electron chi connectivity index (χ3n) is 4.02. The molecule has 1 saturated heterocycles. The highest BCUT2D eigenvalue weighted by Gasteiger charge is 2.28. The number of aliphatic hydroxyl groups excluding tert-OH is 1. The molecule has 2 rings (SSSR count). The molecule has 3 nitrogen and oxygen atoms in total. The van der Waals surface area contributed by atoms with Gasteiger partial charge in [-0.3, -0.25) is 4.90 Å². The van der Waals surface area contributed by atoms with Crippen LogP contribution in [0.2, 0.25) is 0 Å². The first-order valence-corrected chi connectivity index (χ1v) is 7.19. The normalized spacial score (nSPS) is 25.5. The van der Waals surface area contributed by atoms with Crippen LogP contribution in [-0.2, 0) is 0 Å². The van der Waals surface area contributed by atoms with Gasteiger partial charge in [0.15, 0.2) is 0 Å². The molecular formula is C16H25NO2. The van der Waals surface area contributed by atoms with Crippen LogP contribution in [0.1, 0.15) is 32.3 Å². The summed E-state index contributed by atoms with van der Waals surface area (Å²) in [6, 6.07) is 9.08. The van der Waals surface area contributed by atoms with Gasteiger partial charge in [0, 0.05) is 18.6 Å². The maximum absolute atomic E-state index is 10.1. The van der Waals surface area contributed by atoms with Gasteiger partial charge in [0.1, 0.15) is 18.5 Å². The Hall–Kier alpha value is -1.06. The Kier molecular flexibility index (Phi) is 4.83. The van der Waals surface area contributed by atoms with Crippen LogP contribution in [0.4, 0.5) is 0 Å². The van der Waals surface area contributed by atoms with Gasteiger partial charge in [-0.05, 0) is 45.7 Å². The average molecular weight is 263 g/mol. The van der Waals surface area contributed by atoms with Gasteiger partial charge in [-0.15, -0.1) is 0 Å². The molecule has 0 saturated carbocycles. The van der Waals surface area contributed by atoms with Crippen LogP contribution < -0.4 is 4.74 Å². The van der Waals surface area contributed by atoms with Crippen LogP contribution in [0.15, 0.2) is 24.3 Å². The third kappa shape index (κ3) is 3.95. The van der Waals surface area contributed by atoms with E-state index >= 15 is 0 Å². The van der Waals surface area contributed by atoms with E-state index in [4.69, 9.17) is 4.74 Å². The predicted molar refractivity (Wildman–Crippen MR) is 77.5 cm³/mol. The lowest BCUT2D eigenvalue weighted by Gasteiger charge is -2.28. The average Bonchev–Trinajstić information content (AvgIpc) is 2.70. The summed E-state index contributed by atoms with van der Waals surface area (Å²) in [5.41, 5.74) is 1.22. The van der Waals surface area contributed by atoms with Crippen LogP contribution >= 0.6 is 0 Å². The minimum atomic E-state index is -0.427. The molecule has 0 amide bonds. The van der Waals surface area contributed by atoms with Crippen molar-refractivity contribution in [3.05, 3.63) is 29.8 Å². The summed E-state index contributed by atoms with van der Waals surface area (Å²) in [5.74, 6) is 0.826. The number of hydrogen-bond donors (Lipinski definition) is 1. The summed E-state index contributed by atoms with van der Waals surface area (Å²) in [7, 11) is 0. The lowest BCUT2D eigenvalue weighted by Crippen LogP contribution is -2.41. The molecule has 1 aliphatic rings. The minimum Gasteiger partial charge on any atom is -0.491 e. The highest BCUT2D eigenvalue weighted by Crippen LogP contribution is 2.23. The van der Waals surface area contributed by atoms with Gasteiger partial charge in [0.05, 0.1) is 0 Å². The first kappa shape index (κ1) is 14.4. The summed E-state index contributed by atoms with van der Waals surface area (Å²) in [6.45, 7) is 7.58. The second-order valence-corrected chi connectivity index (χ2v) is 5.75. The molecule has 3 heteroatoms. The summed E-state index contributed by atoms with van der Waals surface area (Å²) < 4.78 is 5.63. The molecule has 3 unspecified atom stereocenters. The number of rotatable bonds is 5. The quantitative estimate of drug-likeness (QED) is 0.886. The number of hydrogen-bond acceptors (Lipinski definition) is 3. The van der Waals surface area contributed by atoms with E-state index in [-0.39, 0.29) is 0 Å². The maximum Gasteiger partial charge on any atom is 0.119 e. The molecule has 1 aromatic rings. The summed E-state index contributed by atoms with van der Waals surface area (Å²) >= 11 is 0. The van der Waals surface area contributed by atoms with E-state index in [2.05, 4.69) is 25.7 Å². The largest absolute Gasteiger partial charge is 0.491 e. The van der Waals surface area contributed by atoms with Crippen molar-refractivity contribution in [3.63, 3.8) is 0 Å². The van der Waals surface area contributed by atoms with E-state index in [0.717, 1.165) is 5.75 Å². The number of likely N-dealkylation sites (tertiary alicyclic amines) is 1. The van der Waals surface area contributed by atoms with E-state index in [0.29, 0.717) is 25.2 Å². The fourth-order valence-corrected chi connectivity index (χ4v) is 2.73. The number of ether oxygens (including phenoxy) is 1. The second kappa shape index (κ2) is 6.40. The van der Waals surface area contributed by atoms with Crippen molar-refractivity contribution in [2.45, 2.75) is 51.8 Å². The first-order valence-electron chi connectivity index (χ1n) is 7.19. The van der Waals surface area contributed by atoms with E-state index in [1.807, 2.05) is 24.3 Å². The van der Waals surface area contributed by atoms with Gasteiger partial charge >= 0.3 is 0 Å². The lowest BCUT2D eigenvalue weighted by atomic mass is 10.2. The Balaban J connectivity index is 1.78. The van der Waals surface area contributed by atoms with Crippen LogP contribution in [0.5, 0.6) is 5.75 Å². The second-order valence-electron chi connectivity index (χ2n) is 5.75. The van der Waals surface area contributed by atoms with E-state index < -0.39 is 6.10 Å². The van der Waals surface area contributed by atoms with Crippen molar-refractivity contribution >= 4 is 0 Å². The van der Waals surface area contributed by atoms with Crippen molar-refractivity contribution in [2.75, 3.05) is 13.2 Å². The molecule has 0 radical (unpaired) electrons. The zero-order chi connectivity index (χ0) is 13.8. The van der Waals surface area contributed by atoms with E-state index in [9.17, 15) is 5.11 Å². The molecular weight excluding hydrogens is 238 g/mol. The number of benzene rings is 1. The maximum atomic E-state index is 10.1. The monoisotopic (exact) mass is 263 g/mol. The van der Waals surface area contributed by atoms with Crippen LogP contribution in [0.25, 0.3) is 0 Å². The van der Waals surface area contributed by atoms with Gasteiger partial charge in [0.2, 0.25) is 0 Å². The van der Waals surface area contributed by atoms with Crippen LogP contribution in [0, 0.1) is 6.92 Å². The number of β-amino-alcohol motifs (C(OH)–C–C–N with tert-alkyl or cyclic N) is 1. The molecule has 0 aliphatic carbocycles. The Morgan fingerprint density at radius 2 is 1.79 bits per heavy atom. The molecule has 1 aliphatic heterocycles. The summed E-state index contributed by atoms with van der Waals surface area (Å²) in [4.78, 5) is 2.38. The molecule has 3 atom stereocenters. The topological polar surface area (TPSA) is 32.7 Å². The Bertz CT molecular complexity index is 380. The van der Waals surface area contributed by atoms with E-state index in [1.54, 1.807) is 0 Å². The fourth-order valence-electron chi connectivity index (χ4n) is 2.73. The molecule has 19 heavy (non-hydrogen) atoms. The van der Waals surface area contributed by atoms with Gasteiger partial charge < -0.3 is 9.84 Å². The third-order valence-corrected chi connectivity index (χ3v) is 4.02. The predicted octanol–water partition coefficient (Wildman–Crippen LogP) is 2.61. The molecule has 1 fully saturated rings. The van der Waals surface area contributed by atoms with Crippen molar-refractivity contribution in [1.82, 2.24) is 4.90 Å². The number of aryl methyl sites for hydroxylation is 1. The van der Waals surface area contributed by atoms with Crippen molar-refractivity contribution in [2.24, 2.45) is 0 Å². The summed E-state index contributed by atoms with van der Waals surface area (Å²) in [6.07, 6.45) is 2.03. The molecule has 1 aromatic carbocycles. The fraction of sp³-hybridized carbons (Fsp3) is 0.625. The van der Waals surface area contributed by atoms with Crippen LogP contribution in [0.3, 0.4) is 0 Å². The van der Waals surface area contributed by atoms with Crippen molar-refractivity contribution in [3.8, 4) is 5.75 Å². The minimum absolute atomic E-state index is 0.360. The zero-order valence-electron chi connectivity index (χ0n) is 12.2. The molecule has 106 valence electrons. The van der Waals surface area contributed by atoms with Crippen LogP contribution in [-0.4, -0.2) is 41.3 Å². The van der Waals surface area contributed by atoms with E-state index in [1.165, 1.54) is 18.4 Å². The Morgan fingerprint density at radius 1 is 1.21 bits per heavy atom. The molecule has 0 bridgehead atoms. The molecule has 0 aromatic heterocycles. The van der Waals surface area contributed by atoms with Gasteiger partial charge in [-0.2, -0.15) is 0 Å². The molecule has 1 N–H and O–H groups in total. The molecule has 0 spiro atoms. The highest BCUT2D eigenvalue weighted by molar-refractivity contribution is 5.26. The zero-order valence-corrected chi connectivity index (χ0v) is 12.2. The first-order chi connectivity index (χ1) is 9.06. The molecule has 1 heterocycles. The Labute approximate surface area is 116 Å². The Morgan fingerprint density at radius 3 is 2.37 bits per heavy atom. The highest BCUT2D eigenvalue weighted by atomic mass is 16.5. The number of nitrogens with zero attached hydrogens (tertiary/aromatic N) is 1.